The first kappa shape index (κ1) is 37.8. The Balaban J connectivity index is 0.000000263. The van der Waals surface area contributed by atoms with E-state index in [9.17, 15) is 18.8 Å². The van der Waals surface area contributed by atoms with Crippen LogP contribution < -0.4 is 16.0 Å². The van der Waals surface area contributed by atoms with Crippen molar-refractivity contribution in [2.24, 2.45) is 5.92 Å². The Morgan fingerprint density at radius 2 is 1.79 bits per heavy atom. The maximum absolute atomic E-state index is 14.7. The summed E-state index contributed by atoms with van der Waals surface area (Å²) in [6.07, 6.45) is 3.86. The lowest BCUT2D eigenvalue weighted by atomic mass is 9.90. The topological polar surface area (TPSA) is 105 Å². The largest absolute Gasteiger partial charge is 0.462 e. The van der Waals surface area contributed by atoms with Gasteiger partial charge in [-0.25, -0.2) is 9.18 Å². The molecule has 254 valence electrons. The van der Waals surface area contributed by atoms with Gasteiger partial charge in [-0.3, -0.25) is 14.5 Å². The number of carbonyl (C=O) groups excluding carboxylic acids is 3. The molecule has 3 aromatic rings. The summed E-state index contributed by atoms with van der Waals surface area (Å²) >= 11 is 12.0. The van der Waals surface area contributed by atoms with Gasteiger partial charge in [-0.15, -0.1) is 0 Å². The highest BCUT2D eigenvalue weighted by Crippen LogP contribution is 2.40. The first-order valence-corrected chi connectivity index (χ1v) is 16.9. The van der Waals surface area contributed by atoms with Crippen LogP contribution in [-0.2, 0) is 14.3 Å². The van der Waals surface area contributed by atoms with Crippen LogP contribution in [0.25, 0.3) is 0 Å². The predicted molar refractivity (Wildman–Crippen MR) is 189 cm³/mol. The van der Waals surface area contributed by atoms with Gasteiger partial charge in [0.1, 0.15) is 5.82 Å². The number of esters is 1. The molecular weight excluding hydrogens is 642 g/mol. The van der Waals surface area contributed by atoms with Gasteiger partial charge in [0.2, 0.25) is 12.3 Å². The molecule has 5 rings (SSSR count). The Kier molecular flexibility index (Phi) is 14.5. The van der Waals surface area contributed by atoms with E-state index in [2.05, 4.69) is 10.2 Å². The zero-order valence-corrected chi connectivity index (χ0v) is 29.2. The van der Waals surface area contributed by atoms with Gasteiger partial charge in [0, 0.05) is 29.7 Å². The van der Waals surface area contributed by atoms with Crippen molar-refractivity contribution in [3.63, 3.8) is 0 Å². The van der Waals surface area contributed by atoms with Crippen molar-refractivity contribution in [1.82, 2.24) is 4.90 Å². The van der Waals surface area contributed by atoms with Gasteiger partial charge in [-0.1, -0.05) is 55.2 Å². The molecule has 2 unspecified atom stereocenters. The van der Waals surface area contributed by atoms with Crippen molar-refractivity contribution in [1.29, 1.82) is 0 Å². The van der Waals surface area contributed by atoms with Gasteiger partial charge < -0.3 is 20.7 Å². The van der Waals surface area contributed by atoms with Crippen LogP contribution in [0, 0.1) is 18.7 Å². The van der Waals surface area contributed by atoms with Gasteiger partial charge in [-0.05, 0) is 100 Å². The van der Waals surface area contributed by atoms with Crippen LogP contribution >= 0.6 is 23.2 Å². The molecule has 0 spiro atoms. The van der Waals surface area contributed by atoms with Crippen LogP contribution in [0.1, 0.15) is 74.4 Å². The van der Waals surface area contributed by atoms with Crippen LogP contribution in [0.15, 0.2) is 54.6 Å². The van der Waals surface area contributed by atoms with E-state index < -0.39 is 17.8 Å². The molecule has 2 atom stereocenters. The van der Waals surface area contributed by atoms with E-state index in [1.807, 2.05) is 20.8 Å². The number of likely N-dealkylation sites (tertiary alicyclic amines) is 1. The first-order chi connectivity index (χ1) is 22.6. The second-order valence-corrected chi connectivity index (χ2v) is 12.0. The van der Waals surface area contributed by atoms with Crippen molar-refractivity contribution in [3.05, 3.63) is 87.2 Å². The summed E-state index contributed by atoms with van der Waals surface area (Å²) < 4.78 is 19.6. The van der Waals surface area contributed by atoms with Crippen LogP contribution in [0.5, 0.6) is 0 Å². The number of amides is 2. The fraction of sp³-hybridized carbons (Fsp3) is 0.417. The van der Waals surface area contributed by atoms with E-state index in [0.29, 0.717) is 57.8 Å². The number of nitrogens with two attached hydrogens (primary N) is 1. The third-order valence-corrected chi connectivity index (χ3v) is 8.72. The Morgan fingerprint density at radius 3 is 2.40 bits per heavy atom. The third-order valence-electron chi connectivity index (χ3n) is 8.20. The van der Waals surface area contributed by atoms with Crippen molar-refractivity contribution in [3.8, 4) is 0 Å². The van der Waals surface area contributed by atoms with Crippen LogP contribution in [0.3, 0.4) is 0 Å². The van der Waals surface area contributed by atoms with Gasteiger partial charge in [0.25, 0.3) is 0 Å². The van der Waals surface area contributed by atoms with Crippen molar-refractivity contribution in [2.45, 2.75) is 65.8 Å². The molecule has 0 bridgehead atoms. The minimum Gasteiger partial charge on any atom is -0.462 e. The smallest absolute Gasteiger partial charge is 0.338 e. The van der Waals surface area contributed by atoms with E-state index in [1.165, 1.54) is 17.7 Å². The van der Waals surface area contributed by atoms with Gasteiger partial charge in [0.15, 0.2) is 0 Å². The summed E-state index contributed by atoms with van der Waals surface area (Å²) in [6, 6.07) is 15.0. The van der Waals surface area contributed by atoms with Crippen LogP contribution in [0.2, 0.25) is 10.0 Å². The molecule has 8 nitrogen and oxygen atoms in total. The van der Waals surface area contributed by atoms with E-state index in [-0.39, 0.29) is 16.8 Å². The van der Waals surface area contributed by atoms with Crippen molar-refractivity contribution >= 4 is 58.6 Å². The highest BCUT2D eigenvalue weighted by Gasteiger charge is 2.43. The molecule has 3 aromatic carbocycles. The second kappa shape index (κ2) is 18.0. The maximum Gasteiger partial charge on any atom is 0.338 e. The molecule has 2 fully saturated rings. The van der Waals surface area contributed by atoms with Crippen molar-refractivity contribution < 1.29 is 23.5 Å². The molecule has 1 heterocycles. The van der Waals surface area contributed by atoms with Gasteiger partial charge in [-0.2, -0.15) is 0 Å². The first-order valence-electron chi connectivity index (χ1n) is 16.1. The number of rotatable bonds is 10. The summed E-state index contributed by atoms with van der Waals surface area (Å²) in [5.41, 5.74) is 9.23. The minimum atomic E-state index is -0.419. The molecule has 1 aliphatic carbocycles. The lowest BCUT2D eigenvalue weighted by Gasteiger charge is -2.28. The number of nitrogens with one attached hydrogen (secondary N) is 1. The molecule has 2 amide bonds. The number of hydrogen-bond acceptors (Lipinski definition) is 6. The molecular formula is C36H45Cl2FN4O4. The normalized spacial score (nSPS) is 17.0. The number of carbonyl (C=O) groups is 3. The fourth-order valence-corrected chi connectivity index (χ4v) is 6.03. The summed E-state index contributed by atoms with van der Waals surface area (Å²) in [5.74, 6) is -0.517. The Hall–Kier alpha value is -3.66. The van der Waals surface area contributed by atoms with E-state index >= 15 is 0 Å². The van der Waals surface area contributed by atoms with E-state index in [0.717, 1.165) is 25.9 Å². The van der Waals surface area contributed by atoms with Crippen molar-refractivity contribution in [2.75, 3.05) is 42.2 Å². The third kappa shape index (κ3) is 9.69. The summed E-state index contributed by atoms with van der Waals surface area (Å²) in [7, 11) is 0. The average Bonchev–Trinajstić information content (AvgIpc) is 3.78. The molecule has 0 aromatic heterocycles. The lowest BCUT2D eigenvalue weighted by Crippen LogP contribution is -2.43. The van der Waals surface area contributed by atoms with E-state index in [4.69, 9.17) is 33.7 Å². The highest BCUT2D eigenvalue weighted by atomic mass is 35.5. The standard InChI is InChI=1S/C21H21Cl2FN2O.C13H18N2O3.C2H6/c22-14-3-1-4-15(11-14)25-21(27)20-17(9-10-26(20)12-13-7-8-13)16-5-2-6-18(23)19(16)24;1-4-15(8-16)11-7-6-10(9(3)12(11)14)13(17)18-5-2;1-2/h1-6,11,13,17,20H,7-10,12H2,(H,25,27);6-8H,4-5,14H2,1-3H3;1-2H3. The summed E-state index contributed by atoms with van der Waals surface area (Å²) in [6.45, 7) is 11.8. The fourth-order valence-electron chi connectivity index (χ4n) is 5.65. The van der Waals surface area contributed by atoms with E-state index in [1.54, 1.807) is 68.4 Å². The monoisotopic (exact) mass is 686 g/mol. The maximum atomic E-state index is 14.7. The molecule has 11 heteroatoms. The number of halogens is 3. The Bertz CT molecular complexity index is 1530. The molecule has 2 aliphatic rings. The molecule has 1 saturated heterocycles. The average molecular weight is 688 g/mol. The van der Waals surface area contributed by atoms with Gasteiger partial charge in [0.05, 0.1) is 34.6 Å². The second-order valence-electron chi connectivity index (χ2n) is 11.2. The zero-order chi connectivity index (χ0) is 34.7. The highest BCUT2D eigenvalue weighted by molar-refractivity contribution is 6.31. The molecule has 1 aliphatic heterocycles. The summed E-state index contributed by atoms with van der Waals surface area (Å²) in [4.78, 5) is 39.4. The van der Waals surface area contributed by atoms with Crippen LogP contribution in [0.4, 0.5) is 21.5 Å². The van der Waals surface area contributed by atoms with Crippen LogP contribution in [-0.4, -0.2) is 55.5 Å². The SMILES string of the molecule is CC.CCOC(=O)c1ccc(N(C=O)CC)c(N)c1C.O=C(Nc1cccc(Cl)c1)C1C(c2cccc(Cl)c2F)CCN1CC1CC1. The number of benzene rings is 3. The molecule has 1 saturated carbocycles. The number of nitrogen functional groups attached to an aromatic ring is 1. The number of nitrogens with zero attached hydrogens (tertiary/aromatic N) is 2. The van der Waals surface area contributed by atoms with Gasteiger partial charge >= 0.3 is 5.97 Å². The number of hydrogen-bond donors (Lipinski definition) is 2. The number of anilines is 3. The Morgan fingerprint density at radius 1 is 1.09 bits per heavy atom. The predicted octanol–water partition coefficient (Wildman–Crippen LogP) is 8.10. The summed E-state index contributed by atoms with van der Waals surface area (Å²) in [5, 5.41) is 3.62. The molecule has 47 heavy (non-hydrogen) atoms. The zero-order valence-electron chi connectivity index (χ0n) is 27.7. The minimum absolute atomic E-state index is 0.0992. The number of ether oxygens (including phenoxy) is 1. The molecule has 0 radical (unpaired) electrons. The molecule has 3 N–H and O–H groups in total. The quantitative estimate of drug-likeness (QED) is 0.127. The lowest BCUT2D eigenvalue weighted by molar-refractivity contribution is -0.120. The Labute approximate surface area is 287 Å².